The molecule has 6 rings (SSSR count). The molecule has 3 heteroatoms. The van der Waals surface area contributed by atoms with Gasteiger partial charge in [0.15, 0.2) is 0 Å². The summed E-state index contributed by atoms with van der Waals surface area (Å²) in [7, 11) is 0. The lowest BCUT2D eigenvalue weighted by molar-refractivity contribution is 0.633. The van der Waals surface area contributed by atoms with Crippen LogP contribution in [-0.4, -0.2) is 23.8 Å². The van der Waals surface area contributed by atoms with Gasteiger partial charge in [-0.25, -0.2) is 0 Å². The molecule has 2 aliphatic heterocycles. The van der Waals surface area contributed by atoms with E-state index in [9.17, 15) is 0 Å². The Hall–Kier alpha value is -3.07. The summed E-state index contributed by atoms with van der Waals surface area (Å²) in [5.74, 6) is 0.413. The number of aromatic amines is 1. The Labute approximate surface area is 151 Å². The van der Waals surface area contributed by atoms with E-state index in [1.54, 1.807) is 0 Å². The largest absolute Gasteiger partial charge is 0.381 e. The van der Waals surface area contributed by atoms with Crippen LogP contribution in [0.25, 0.3) is 32.9 Å². The van der Waals surface area contributed by atoms with Gasteiger partial charge in [-0.2, -0.15) is 0 Å². The fourth-order valence-electron chi connectivity index (χ4n) is 4.53. The molecule has 0 radical (unpaired) electrons. The van der Waals surface area contributed by atoms with E-state index in [1.165, 1.54) is 44.2 Å². The van der Waals surface area contributed by atoms with Gasteiger partial charge in [0.1, 0.15) is 0 Å². The Balaban J connectivity index is 1.48. The molecule has 0 fully saturated rings. The van der Waals surface area contributed by atoms with Gasteiger partial charge in [-0.15, -0.1) is 0 Å². The first-order valence-electron chi connectivity index (χ1n) is 9.28. The van der Waals surface area contributed by atoms with Crippen molar-refractivity contribution in [2.75, 3.05) is 11.9 Å². The Morgan fingerprint density at radius 2 is 1.69 bits per heavy atom. The van der Waals surface area contributed by atoms with Crippen LogP contribution in [0.3, 0.4) is 0 Å². The van der Waals surface area contributed by atoms with Crippen LogP contribution < -0.4 is 5.32 Å². The third-order valence-corrected chi connectivity index (χ3v) is 5.86. The highest BCUT2D eigenvalue weighted by molar-refractivity contribution is 6.08. The van der Waals surface area contributed by atoms with E-state index in [0.717, 1.165) is 13.0 Å². The van der Waals surface area contributed by atoms with Crippen molar-refractivity contribution >= 4 is 33.7 Å². The molecule has 0 saturated carbocycles. The lowest BCUT2D eigenvalue weighted by Gasteiger charge is -2.19. The summed E-state index contributed by atoms with van der Waals surface area (Å²) >= 11 is 0. The SMILES string of the molecule is C1=NCCC2Nc3ccc(-c4ccc5c(c4)[nH]c4ccccc45)cc3C12. The smallest absolute Gasteiger partial charge is 0.0471 e. The van der Waals surface area contributed by atoms with Crippen molar-refractivity contribution in [2.45, 2.75) is 18.4 Å². The normalized spacial score (nSPS) is 20.9. The molecule has 126 valence electrons. The Bertz CT molecular complexity index is 1180. The average Bonchev–Trinajstić information content (AvgIpc) is 3.25. The summed E-state index contributed by atoms with van der Waals surface area (Å²) in [6, 6.07) is 22.5. The summed E-state index contributed by atoms with van der Waals surface area (Å²) in [4.78, 5) is 8.07. The molecule has 26 heavy (non-hydrogen) atoms. The van der Waals surface area contributed by atoms with Crippen molar-refractivity contribution in [1.29, 1.82) is 0 Å². The van der Waals surface area contributed by atoms with Gasteiger partial charge in [-0.3, -0.25) is 4.99 Å². The summed E-state index contributed by atoms with van der Waals surface area (Å²) < 4.78 is 0. The fourth-order valence-corrected chi connectivity index (χ4v) is 4.53. The lowest BCUT2D eigenvalue weighted by atomic mass is 9.90. The zero-order chi connectivity index (χ0) is 17.1. The van der Waals surface area contributed by atoms with Gasteiger partial charge >= 0.3 is 0 Å². The van der Waals surface area contributed by atoms with Crippen LogP contribution >= 0.6 is 0 Å². The Morgan fingerprint density at radius 1 is 0.846 bits per heavy atom. The molecular weight excluding hydrogens is 318 g/mol. The minimum absolute atomic E-state index is 0.413. The van der Waals surface area contributed by atoms with Crippen LogP contribution in [0.4, 0.5) is 5.69 Å². The van der Waals surface area contributed by atoms with Gasteiger partial charge in [-0.05, 0) is 47.4 Å². The predicted molar refractivity (Wildman–Crippen MR) is 109 cm³/mol. The Kier molecular flexibility index (Phi) is 2.83. The minimum atomic E-state index is 0.413. The molecule has 3 aromatic carbocycles. The number of para-hydroxylation sites is 1. The van der Waals surface area contributed by atoms with Crippen molar-refractivity contribution < 1.29 is 0 Å². The third kappa shape index (κ3) is 1.97. The van der Waals surface area contributed by atoms with Crippen molar-refractivity contribution in [3.8, 4) is 11.1 Å². The van der Waals surface area contributed by atoms with Crippen LogP contribution in [0.1, 0.15) is 17.9 Å². The zero-order valence-corrected chi connectivity index (χ0v) is 14.4. The number of benzene rings is 3. The topological polar surface area (TPSA) is 40.2 Å². The predicted octanol–water partition coefficient (Wildman–Crippen LogP) is 5.34. The lowest BCUT2D eigenvalue weighted by Crippen LogP contribution is -2.25. The van der Waals surface area contributed by atoms with Gasteiger partial charge < -0.3 is 10.3 Å². The van der Waals surface area contributed by atoms with Gasteiger partial charge in [0.05, 0.1) is 0 Å². The molecule has 2 N–H and O–H groups in total. The van der Waals surface area contributed by atoms with E-state index in [4.69, 9.17) is 0 Å². The molecule has 0 amide bonds. The molecule has 1 aromatic heterocycles. The number of fused-ring (bicyclic) bond motifs is 6. The number of nitrogens with one attached hydrogen (secondary N) is 2. The first-order chi connectivity index (χ1) is 12.9. The quantitative estimate of drug-likeness (QED) is 0.483. The van der Waals surface area contributed by atoms with Crippen molar-refractivity contribution in [3.63, 3.8) is 0 Å². The third-order valence-electron chi connectivity index (χ3n) is 5.86. The first kappa shape index (κ1) is 14.1. The number of hydrogen-bond donors (Lipinski definition) is 2. The summed E-state index contributed by atoms with van der Waals surface area (Å²) in [6.45, 7) is 0.937. The van der Waals surface area contributed by atoms with Crippen LogP contribution in [0.2, 0.25) is 0 Å². The maximum absolute atomic E-state index is 4.52. The van der Waals surface area contributed by atoms with Gasteiger partial charge in [0, 0.05) is 52.2 Å². The number of anilines is 1. The van der Waals surface area contributed by atoms with E-state index in [1.807, 2.05) is 0 Å². The van der Waals surface area contributed by atoms with Crippen molar-refractivity contribution in [3.05, 3.63) is 66.2 Å². The summed E-state index contributed by atoms with van der Waals surface area (Å²) in [5.41, 5.74) is 7.56. The van der Waals surface area contributed by atoms with Crippen molar-refractivity contribution in [1.82, 2.24) is 4.98 Å². The Morgan fingerprint density at radius 3 is 2.69 bits per heavy atom. The molecule has 2 aliphatic rings. The van der Waals surface area contributed by atoms with Gasteiger partial charge in [0.2, 0.25) is 0 Å². The number of aliphatic imine (C=N–C) groups is 1. The highest BCUT2D eigenvalue weighted by Crippen LogP contribution is 2.40. The molecule has 0 saturated heterocycles. The van der Waals surface area contributed by atoms with E-state index in [-0.39, 0.29) is 0 Å². The van der Waals surface area contributed by atoms with E-state index in [2.05, 4.69) is 82.2 Å². The maximum Gasteiger partial charge on any atom is 0.0471 e. The zero-order valence-electron chi connectivity index (χ0n) is 14.4. The standard InChI is InChI=1S/C23H19N3/c1-2-4-20-16(3-1)17-7-5-15(12-23(17)26-20)14-6-8-21-18(11-14)19-13-24-10-9-22(19)25-21/h1-8,11-13,19,22,25-26H,9-10H2. The second-order valence-corrected chi connectivity index (χ2v) is 7.35. The molecule has 0 spiro atoms. The van der Waals surface area contributed by atoms with E-state index in [0.29, 0.717) is 12.0 Å². The van der Waals surface area contributed by atoms with Gasteiger partial charge in [0.25, 0.3) is 0 Å². The second kappa shape index (κ2) is 5.21. The van der Waals surface area contributed by atoms with Crippen LogP contribution in [0.15, 0.2) is 65.7 Å². The molecular formula is C23H19N3. The molecule has 0 bridgehead atoms. The molecule has 2 unspecified atom stereocenters. The monoisotopic (exact) mass is 337 g/mol. The van der Waals surface area contributed by atoms with Gasteiger partial charge in [-0.1, -0.05) is 36.4 Å². The van der Waals surface area contributed by atoms with Crippen LogP contribution in [0.5, 0.6) is 0 Å². The molecule has 2 atom stereocenters. The summed E-state index contributed by atoms with van der Waals surface area (Å²) in [5, 5.41) is 6.23. The number of rotatable bonds is 1. The highest BCUT2D eigenvalue weighted by Gasteiger charge is 2.32. The molecule has 0 aliphatic carbocycles. The van der Waals surface area contributed by atoms with E-state index < -0.39 is 0 Å². The van der Waals surface area contributed by atoms with E-state index >= 15 is 0 Å². The number of hydrogen-bond acceptors (Lipinski definition) is 2. The van der Waals surface area contributed by atoms with Crippen LogP contribution in [0, 0.1) is 0 Å². The maximum atomic E-state index is 4.52. The van der Waals surface area contributed by atoms with Crippen LogP contribution in [-0.2, 0) is 0 Å². The average molecular weight is 337 g/mol. The highest BCUT2D eigenvalue weighted by atomic mass is 15.0. The number of aromatic nitrogens is 1. The molecule has 3 heterocycles. The number of H-pyrrole nitrogens is 1. The molecule has 3 nitrogen and oxygen atoms in total. The minimum Gasteiger partial charge on any atom is -0.381 e. The summed E-state index contributed by atoms with van der Waals surface area (Å²) in [6.07, 6.45) is 3.25. The second-order valence-electron chi connectivity index (χ2n) is 7.35. The molecule has 4 aromatic rings. The fraction of sp³-hybridized carbons (Fsp3) is 0.174. The van der Waals surface area contributed by atoms with Crippen molar-refractivity contribution in [2.24, 2.45) is 4.99 Å². The number of nitrogens with zero attached hydrogens (tertiary/aromatic N) is 1. The first-order valence-corrected chi connectivity index (χ1v) is 9.28.